The topological polar surface area (TPSA) is 35.5 Å². The van der Waals surface area contributed by atoms with E-state index in [4.69, 9.17) is 12.2 Å². The first-order valence-electron chi connectivity index (χ1n) is 6.40. The second kappa shape index (κ2) is 6.50. The number of nitrogens with zero attached hydrogens (tertiary/aromatic N) is 1. The molecule has 0 aliphatic carbocycles. The van der Waals surface area contributed by atoms with Crippen molar-refractivity contribution in [2.75, 3.05) is 19.4 Å². The van der Waals surface area contributed by atoms with Crippen LogP contribution >= 0.6 is 12.2 Å². The largest absolute Gasteiger partial charge is 0.384 e. The molecule has 1 unspecified atom stereocenters. The van der Waals surface area contributed by atoms with Crippen LogP contribution in [0.4, 0.5) is 5.69 Å². The molecule has 0 fully saturated rings. The molecule has 2 rings (SSSR count). The average molecular weight is 286 g/mol. The lowest BCUT2D eigenvalue weighted by Gasteiger charge is -2.20. The van der Waals surface area contributed by atoms with Crippen LogP contribution in [0.3, 0.4) is 0 Å². The number of aliphatic hydroxyl groups is 1. The fourth-order valence-electron chi connectivity index (χ4n) is 1.89. The van der Waals surface area contributed by atoms with Crippen molar-refractivity contribution >= 4 is 23.0 Å². The third-order valence-corrected chi connectivity index (χ3v) is 3.49. The fourth-order valence-corrected chi connectivity index (χ4v) is 2.00. The second-order valence-corrected chi connectivity index (χ2v) is 5.11. The van der Waals surface area contributed by atoms with Gasteiger partial charge in [0.1, 0.15) is 6.10 Å². The molecule has 104 valence electrons. The van der Waals surface area contributed by atoms with Gasteiger partial charge in [-0.05, 0) is 23.8 Å². The Labute approximate surface area is 124 Å². The normalized spacial score (nSPS) is 11.8. The van der Waals surface area contributed by atoms with Crippen molar-refractivity contribution in [3.05, 3.63) is 65.7 Å². The Morgan fingerprint density at radius 2 is 1.65 bits per heavy atom. The highest BCUT2D eigenvalue weighted by Gasteiger charge is 2.14. The molecular weight excluding hydrogens is 268 g/mol. The Kier molecular flexibility index (Phi) is 4.71. The van der Waals surface area contributed by atoms with Crippen molar-refractivity contribution in [1.29, 1.82) is 0 Å². The van der Waals surface area contributed by atoms with Gasteiger partial charge in [0.05, 0.1) is 0 Å². The SMILES string of the molecule is CN(C)C(=S)Nc1ccccc1C(O)c1ccccc1. The van der Waals surface area contributed by atoms with Gasteiger partial charge in [-0.2, -0.15) is 0 Å². The summed E-state index contributed by atoms with van der Waals surface area (Å²) < 4.78 is 0. The van der Waals surface area contributed by atoms with E-state index in [0.29, 0.717) is 5.11 Å². The predicted octanol–water partition coefficient (Wildman–Crippen LogP) is 3.03. The summed E-state index contributed by atoms with van der Waals surface area (Å²) in [6.45, 7) is 0. The number of benzene rings is 2. The Morgan fingerprint density at radius 1 is 1.05 bits per heavy atom. The van der Waals surface area contributed by atoms with Crippen LogP contribution in [0.15, 0.2) is 54.6 Å². The van der Waals surface area contributed by atoms with Gasteiger partial charge in [-0.1, -0.05) is 48.5 Å². The number of thiocarbonyl (C=S) groups is 1. The van der Waals surface area contributed by atoms with Crippen LogP contribution in [0.2, 0.25) is 0 Å². The zero-order valence-corrected chi connectivity index (χ0v) is 12.4. The van der Waals surface area contributed by atoms with E-state index in [2.05, 4.69) is 5.32 Å². The van der Waals surface area contributed by atoms with Gasteiger partial charge in [-0.3, -0.25) is 0 Å². The van der Waals surface area contributed by atoms with Crippen LogP contribution in [-0.2, 0) is 0 Å². The van der Waals surface area contributed by atoms with Gasteiger partial charge in [0, 0.05) is 25.3 Å². The third kappa shape index (κ3) is 3.35. The van der Waals surface area contributed by atoms with Gasteiger partial charge in [-0.15, -0.1) is 0 Å². The maximum atomic E-state index is 10.5. The molecule has 3 nitrogen and oxygen atoms in total. The summed E-state index contributed by atoms with van der Waals surface area (Å²) >= 11 is 5.26. The van der Waals surface area contributed by atoms with Crippen LogP contribution < -0.4 is 5.32 Å². The van der Waals surface area contributed by atoms with E-state index in [-0.39, 0.29) is 0 Å². The highest BCUT2D eigenvalue weighted by atomic mass is 32.1. The van der Waals surface area contributed by atoms with Crippen molar-refractivity contribution < 1.29 is 5.11 Å². The van der Waals surface area contributed by atoms with Gasteiger partial charge in [-0.25, -0.2) is 0 Å². The van der Waals surface area contributed by atoms with E-state index in [9.17, 15) is 5.11 Å². The van der Waals surface area contributed by atoms with E-state index < -0.39 is 6.10 Å². The molecule has 0 aromatic heterocycles. The van der Waals surface area contributed by atoms with E-state index >= 15 is 0 Å². The van der Waals surface area contributed by atoms with Crippen molar-refractivity contribution in [3.63, 3.8) is 0 Å². The molecule has 0 spiro atoms. The van der Waals surface area contributed by atoms with E-state index in [0.717, 1.165) is 16.8 Å². The van der Waals surface area contributed by atoms with Crippen molar-refractivity contribution in [3.8, 4) is 0 Å². The summed E-state index contributed by atoms with van der Waals surface area (Å²) in [5, 5.41) is 14.3. The summed E-state index contributed by atoms with van der Waals surface area (Å²) in [5.74, 6) is 0. The lowest BCUT2D eigenvalue weighted by molar-refractivity contribution is 0.221. The molecule has 0 saturated heterocycles. The molecule has 2 N–H and O–H groups in total. The summed E-state index contributed by atoms with van der Waals surface area (Å²) in [6, 6.07) is 17.2. The highest BCUT2D eigenvalue weighted by molar-refractivity contribution is 7.80. The first kappa shape index (κ1) is 14.5. The molecule has 1 atom stereocenters. The predicted molar refractivity (Wildman–Crippen MR) is 86.9 cm³/mol. The number of nitrogens with one attached hydrogen (secondary N) is 1. The molecule has 20 heavy (non-hydrogen) atoms. The molecule has 0 bridgehead atoms. The van der Waals surface area contributed by atoms with Crippen molar-refractivity contribution in [2.45, 2.75) is 6.10 Å². The molecule has 0 heterocycles. The van der Waals surface area contributed by atoms with Gasteiger partial charge in [0.2, 0.25) is 0 Å². The molecule has 0 aliphatic heterocycles. The van der Waals surface area contributed by atoms with Crippen LogP contribution in [0, 0.1) is 0 Å². The molecular formula is C16H18N2OS. The Morgan fingerprint density at radius 3 is 2.30 bits per heavy atom. The molecule has 0 aliphatic rings. The number of hydrogen-bond acceptors (Lipinski definition) is 2. The first-order valence-corrected chi connectivity index (χ1v) is 6.80. The Bertz CT molecular complexity index is 584. The summed E-state index contributed by atoms with van der Waals surface area (Å²) in [7, 11) is 3.76. The van der Waals surface area contributed by atoms with Crippen LogP contribution in [0.25, 0.3) is 0 Å². The van der Waals surface area contributed by atoms with Gasteiger partial charge < -0.3 is 15.3 Å². The standard InChI is InChI=1S/C16H18N2OS/c1-18(2)16(20)17-14-11-7-6-10-13(14)15(19)12-8-4-3-5-9-12/h3-11,15,19H,1-2H3,(H,17,20). The van der Waals surface area contributed by atoms with Crippen LogP contribution in [0.1, 0.15) is 17.2 Å². The molecule has 2 aromatic rings. The van der Waals surface area contributed by atoms with Crippen LogP contribution in [0.5, 0.6) is 0 Å². The van der Waals surface area contributed by atoms with Gasteiger partial charge in [0.15, 0.2) is 5.11 Å². The lowest BCUT2D eigenvalue weighted by Crippen LogP contribution is -2.27. The molecule has 4 heteroatoms. The van der Waals surface area contributed by atoms with E-state index in [1.165, 1.54) is 0 Å². The second-order valence-electron chi connectivity index (χ2n) is 4.73. The third-order valence-electron chi connectivity index (χ3n) is 3.02. The minimum absolute atomic E-state index is 0.609. The molecule has 0 amide bonds. The quantitative estimate of drug-likeness (QED) is 0.850. The average Bonchev–Trinajstić information content (AvgIpc) is 2.48. The highest BCUT2D eigenvalue weighted by Crippen LogP contribution is 2.28. The van der Waals surface area contributed by atoms with Crippen LogP contribution in [-0.4, -0.2) is 29.2 Å². The maximum Gasteiger partial charge on any atom is 0.172 e. The summed E-state index contributed by atoms with van der Waals surface area (Å²) in [6.07, 6.45) is -0.676. The Hall–Kier alpha value is -1.91. The maximum absolute atomic E-state index is 10.5. The smallest absolute Gasteiger partial charge is 0.172 e. The van der Waals surface area contributed by atoms with Crippen molar-refractivity contribution in [2.24, 2.45) is 0 Å². The van der Waals surface area contributed by atoms with Gasteiger partial charge in [0.25, 0.3) is 0 Å². The number of para-hydroxylation sites is 1. The monoisotopic (exact) mass is 286 g/mol. The zero-order valence-electron chi connectivity index (χ0n) is 11.6. The Balaban J connectivity index is 2.30. The number of rotatable bonds is 3. The fraction of sp³-hybridized carbons (Fsp3) is 0.188. The minimum Gasteiger partial charge on any atom is -0.384 e. The molecule has 0 saturated carbocycles. The lowest BCUT2D eigenvalue weighted by atomic mass is 10.00. The summed E-state index contributed by atoms with van der Waals surface area (Å²) in [4.78, 5) is 1.82. The van der Waals surface area contributed by atoms with Crippen molar-refractivity contribution in [1.82, 2.24) is 4.90 Å². The molecule has 2 aromatic carbocycles. The molecule has 0 radical (unpaired) electrons. The number of aliphatic hydroxyl groups excluding tert-OH is 1. The number of anilines is 1. The first-order chi connectivity index (χ1) is 9.59. The van der Waals surface area contributed by atoms with E-state index in [1.807, 2.05) is 73.6 Å². The minimum atomic E-state index is -0.676. The zero-order chi connectivity index (χ0) is 14.5. The van der Waals surface area contributed by atoms with E-state index in [1.54, 1.807) is 0 Å². The summed E-state index contributed by atoms with van der Waals surface area (Å²) in [5.41, 5.74) is 2.49. The van der Waals surface area contributed by atoms with Gasteiger partial charge >= 0.3 is 0 Å². The number of hydrogen-bond donors (Lipinski definition) is 2.